The van der Waals surface area contributed by atoms with E-state index in [4.69, 9.17) is 0 Å². The highest BCUT2D eigenvalue weighted by molar-refractivity contribution is 7.98. The van der Waals surface area contributed by atoms with Crippen LogP contribution in [0.4, 0.5) is 0 Å². The molecular weight excluding hydrogens is 304 g/mol. The molecule has 2 aromatic rings. The van der Waals surface area contributed by atoms with Gasteiger partial charge in [0, 0.05) is 49.5 Å². The van der Waals surface area contributed by atoms with E-state index in [1.54, 1.807) is 0 Å². The van der Waals surface area contributed by atoms with Crippen molar-refractivity contribution in [3.05, 3.63) is 66.0 Å². The molecule has 0 saturated carbocycles. The van der Waals surface area contributed by atoms with Crippen LogP contribution < -0.4 is 16.2 Å². The van der Waals surface area contributed by atoms with Crippen LogP contribution in [0.3, 0.4) is 0 Å². The fraction of sp³-hybridized carbons (Fsp3) is 0.389. The third-order valence-corrected chi connectivity index (χ3v) is 5.11. The van der Waals surface area contributed by atoms with Gasteiger partial charge in [0.1, 0.15) is 0 Å². The van der Waals surface area contributed by atoms with E-state index < -0.39 is 0 Å². The van der Waals surface area contributed by atoms with Crippen LogP contribution in [0.15, 0.2) is 54.9 Å². The average Bonchev–Trinajstić information content (AvgIpc) is 3.08. The van der Waals surface area contributed by atoms with Crippen molar-refractivity contribution in [3.8, 4) is 0 Å². The predicted molar refractivity (Wildman–Crippen MR) is 97.1 cm³/mol. The first kappa shape index (κ1) is 16.5. The summed E-state index contributed by atoms with van der Waals surface area (Å²) in [6.45, 7) is 3.06. The lowest BCUT2D eigenvalue weighted by Crippen LogP contribution is -2.30. The van der Waals surface area contributed by atoms with Crippen LogP contribution in [0.2, 0.25) is 0 Å². The number of pyridine rings is 1. The molecule has 1 aliphatic rings. The summed E-state index contributed by atoms with van der Waals surface area (Å²) >= 11 is 1.98. The van der Waals surface area contributed by atoms with Gasteiger partial charge in [-0.25, -0.2) is 5.43 Å². The second kappa shape index (κ2) is 9.03. The SMILES string of the molecule is c1ccc(CSCCNCC2CNNC2c2cccnc2)cc1. The molecule has 1 fully saturated rings. The van der Waals surface area contributed by atoms with Crippen LogP contribution in [0.25, 0.3) is 0 Å². The summed E-state index contributed by atoms with van der Waals surface area (Å²) in [7, 11) is 0. The average molecular weight is 328 g/mol. The first-order valence-electron chi connectivity index (χ1n) is 8.14. The second-order valence-electron chi connectivity index (χ2n) is 5.79. The Morgan fingerprint density at radius 2 is 2.09 bits per heavy atom. The first-order valence-corrected chi connectivity index (χ1v) is 9.29. The van der Waals surface area contributed by atoms with Crippen LogP contribution in [0.1, 0.15) is 17.2 Å². The molecule has 122 valence electrons. The Labute approximate surface area is 142 Å². The quantitative estimate of drug-likeness (QED) is 0.650. The molecule has 1 aromatic carbocycles. The third kappa shape index (κ3) is 5.04. The van der Waals surface area contributed by atoms with Gasteiger partial charge in [0.05, 0.1) is 6.04 Å². The highest BCUT2D eigenvalue weighted by atomic mass is 32.2. The van der Waals surface area contributed by atoms with Gasteiger partial charge in [0.15, 0.2) is 0 Å². The smallest absolute Gasteiger partial charge is 0.0530 e. The maximum Gasteiger partial charge on any atom is 0.0530 e. The van der Waals surface area contributed by atoms with Crippen molar-refractivity contribution in [2.24, 2.45) is 5.92 Å². The van der Waals surface area contributed by atoms with Crippen molar-refractivity contribution in [2.45, 2.75) is 11.8 Å². The summed E-state index contributed by atoms with van der Waals surface area (Å²) in [4.78, 5) is 4.22. The standard InChI is InChI=1S/C18H24N4S/c1-2-5-15(6-3-1)14-23-10-9-20-12-17-13-21-22-18(17)16-7-4-8-19-11-16/h1-8,11,17-18,20-22H,9-10,12-14H2. The van der Waals surface area contributed by atoms with Crippen molar-refractivity contribution in [3.63, 3.8) is 0 Å². The third-order valence-electron chi connectivity index (χ3n) is 4.08. The molecule has 1 saturated heterocycles. The normalized spacial score (nSPS) is 20.7. The minimum atomic E-state index is 0.341. The molecule has 4 nitrogen and oxygen atoms in total. The van der Waals surface area contributed by atoms with E-state index in [1.165, 1.54) is 11.1 Å². The van der Waals surface area contributed by atoms with Crippen molar-refractivity contribution >= 4 is 11.8 Å². The largest absolute Gasteiger partial charge is 0.316 e. The summed E-state index contributed by atoms with van der Waals surface area (Å²) in [6, 6.07) is 15.1. The Kier molecular flexibility index (Phi) is 6.46. The second-order valence-corrected chi connectivity index (χ2v) is 6.90. The van der Waals surface area contributed by atoms with Gasteiger partial charge >= 0.3 is 0 Å². The molecule has 0 radical (unpaired) electrons. The number of nitrogens with zero attached hydrogens (tertiary/aromatic N) is 1. The molecule has 2 heterocycles. The molecule has 0 spiro atoms. The van der Waals surface area contributed by atoms with Crippen molar-refractivity contribution in [2.75, 3.05) is 25.4 Å². The van der Waals surface area contributed by atoms with Crippen LogP contribution in [0.5, 0.6) is 0 Å². The lowest BCUT2D eigenvalue weighted by Gasteiger charge is -2.18. The lowest BCUT2D eigenvalue weighted by molar-refractivity contribution is 0.447. The van der Waals surface area contributed by atoms with E-state index in [-0.39, 0.29) is 0 Å². The molecule has 3 rings (SSSR count). The number of rotatable bonds is 8. The summed E-state index contributed by atoms with van der Waals surface area (Å²) in [6.07, 6.45) is 3.77. The van der Waals surface area contributed by atoms with Crippen LogP contribution in [0, 0.1) is 5.92 Å². The molecular formula is C18H24N4S. The van der Waals surface area contributed by atoms with E-state index in [0.29, 0.717) is 12.0 Å². The maximum absolute atomic E-state index is 4.22. The number of nitrogens with one attached hydrogen (secondary N) is 3. The number of hydrazine groups is 1. The van der Waals surface area contributed by atoms with Crippen molar-refractivity contribution < 1.29 is 0 Å². The molecule has 2 atom stereocenters. The van der Waals surface area contributed by atoms with Gasteiger partial charge < -0.3 is 5.32 Å². The van der Waals surface area contributed by atoms with Gasteiger partial charge in [-0.3, -0.25) is 10.4 Å². The topological polar surface area (TPSA) is 49.0 Å². The molecule has 2 unspecified atom stereocenters. The molecule has 0 bridgehead atoms. The monoisotopic (exact) mass is 328 g/mol. The highest BCUT2D eigenvalue weighted by Gasteiger charge is 2.27. The summed E-state index contributed by atoms with van der Waals surface area (Å²) in [5.41, 5.74) is 9.29. The molecule has 1 aliphatic heterocycles. The van der Waals surface area contributed by atoms with Gasteiger partial charge in [-0.05, 0) is 17.2 Å². The first-order chi connectivity index (χ1) is 11.4. The zero-order chi connectivity index (χ0) is 15.7. The van der Waals surface area contributed by atoms with Gasteiger partial charge in [0.2, 0.25) is 0 Å². The number of aromatic nitrogens is 1. The Morgan fingerprint density at radius 3 is 2.91 bits per heavy atom. The van der Waals surface area contributed by atoms with Crippen LogP contribution in [-0.2, 0) is 5.75 Å². The zero-order valence-electron chi connectivity index (χ0n) is 13.2. The van der Waals surface area contributed by atoms with E-state index >= 15 is 0 Å². The Hall–Kier alpha value is -1.40. The van der Waals surface area contributed by atoms with E-state index in [2.05, 4.69) is 57.6 Å². The molecule has 1 aromatic heterocycles. The molecule has 0 aliphatic carbocycles. The van der Waals surface area contributed by atoms with Crippen molar-refractivity contribution in [1.82, 2.24) is 21.2 Å². The molecule has 23 heavy (non-hydrogen) atoms. The summed E-state index contributed by atoms with van der Waals surface area (Å²) in [5.74, 6) is 2.78. The van der Waals surface area contributed by atoms with Gasteiger partial charge in [-0.1, -0.05) is 36.4 Å². The number of hydrogen-bond acceptors (Lipinski definition) is 5. The number of thioether (sulfide) groups is 1. The Bertz CT molecular complexity index is 564. The predicted octanol–water partition coefficient (Wildman–Crippen LogP) is 2.37. The van der Waals surface area contributed by atoms with Crippen molar-refractivity contribution in [1.29, 1.82) is 0 Å². The zero-order valence-corrected chi connectivity index (χ0v) is 14.1. The molecule has 3 N–H and O–H groups in total. The van der Waals surface area contributed by atoms with E-state index in [9.17, 15) is 0 Å². The minimum Gasteiger partial charge on any atom is -0.316 e. The van der Waals surface area contributed by atoms with Gasteiger partial charge in [-0.15, -0.1) is 0 Å². The van der Waals surface area contributed by atoms with Crippen LogP contribution in [-0.4, -0.2) is 30.4 Å². The highest BCUT2D eigenvalue weighted by Crippen LogP contribution is 2.23. The number of benzene rings is 1. The fourth-order valence-corrected chi connectivity index (χ4v) is 3.70. The van der Waals surface area contributed by atoms with E-state index in [0.717, 1.165) is 31.1 Å². The maximum atomic E-state index is 4.22. The number of hydrogen-bond donors (Lipinski definition) is 3. The molecule has 5 heteroatoms. The van der Waals surface area contributed by atoms with Gasteiger partial charge in [0.25, 0.3) is 0 Å². The summed E-state index contributed by atoms with van der Waals surface area (Å²) in [5, 5.41) is 3.59. The lowest BCUT2D eigenvalue weighted by atomic mass is 9.96. The Balaban J connectivity index is 1.34. The van der Waals surface area contributed by atoms with Crippen LogP contribution >= 0.6 is 11.8 Å². The summed E-state index contributed by atoms with van der Waals surface area (Å²) < 4.78 is 0. The van der Waals surface area contributed by atoms with Gasteiger partial charge in [-0.2, -0.15) is 11.8 Å². The van der Waals surface area contributed by atoms with E-state index in [1.807, 2.05) is 30.2 Å². The minimum absolute atomic E-state index is 0.341. The molecule has 0 amide bonds. The Morgan fingerprint density at radius 1 is 1.17 bits per heavy atom. The fourth-order valence-electron chi connectivity index (χ4n) is 2.84.